The first-order valence-corrected chi connectivity index (χ1v) is 13.5. The minimum atomic E-state index is -4.96. The lowest BCUT2D eigenvalue weighted by Gasteiger charge is -2.38. The van der Waals surface area contributed by atoms with Crippen molar-refractivity contribution in [2.24, 2.45) is 0 Å². The summed E-state index contributed by atoms with van der Waals surface area (Å²) in [5.41, 5.74) is -3.42. The van der Waals surface area contributed by atoms with Gasteiger partial charge in [0, 0.05) is 36.8 Å². The number of ether oxygens (including phenoxy) is 1. The van der Waals surface area contributed by atoms with Gasteiger partial charge in [0.1, 0.15) is 5.82 Å². The van der Waals surface area contributed by atoms with Crippen LogP contribution in [0.15, 0.2) is 47.5 Å². The topological polar surface area (TPSA) is 95.5 Å². The standard InChI is InChI=1S/C25H30F3N3O4S/c1-23(2,19-6-4-5-7-21(19)36(3,33)34)16-24(32,25(26,27)28)14-18-12-17-13-22(29-15-20(17)30-18)31-8-10-35-11-9-31/h4-7,12-13,15,30,32H,8-11,14,16H2,1-3H3. The molecule has 0 amide bonds. The number of H-pyrrole nitrogens is 1. The molecule has 1 aromatic carbocycles. The molecule has 1 aliphatic heterocycles. The molecule has 1 aliphatic rings. The van der Waals surface area contributed by atoms with Crippen molar-refractivity contribution in [3.05, 3.63) is 53.9 Å². The Balaban J connectivity index is 1.66. The number of aromatic nitrogens is 2. The summed E-state index contributed by atoms with van der Waals surface area (Å²) in [5, 5.41) is 11.7. The molecule has 0 aliphatic carbocycles. The van der Waals surface area contributed by atoms with Gasteiger partial charge in [-0.2, -0.15) is 13.2 Å². The molecule has 7 nitrogen and oxygen atoms in total. The Bertz CT molecular complexity index is 1350. The molecule has 0 radical (unpaired) electrons. The molecule has 3 heterocycles. The van der Waals surface area contributed by atoms with E-state index in [4.69, 9.17) is 4.74 Å². The second-order valence-corrected chi connectivity index (χ2v) is 12.0. The minimum Gasteiger partial charge on any atom is -0.380 e. The van der Waals surface area contributed by atoms with Crippen molar-refractivity contribution >= 4 is 26.6 Å². The highest BCUT2D eigenvalue weighted by atomic mass is 32.2. The molecule has 1 unspecified atom stereocenters. The fraction of sp³-hybridized carbons (Fsp3) is 0.480. The van der Waals surface area contributed by atoms with Gasteiger partial charge in [-0.3, -0.25) is 0 Å². The first-order chi connectivity index (χ1) is 16.7. The van der Waals surface area contributed by atoms with Crippen LogP contribution < -0.4 is 4.90 Å². The Hall–Kier alpha value is -2.63. The third-order valence-electron chi connectivity index (χ3n) is 6.64. The van der Waals surface area contributed by atoms with Gasteiger partial charge >= 0.3 is 6.18 Å². The van der Waals surface area contributed by atoms with E-state index < -0.39 is 39.9 Å². The van der Waals surface area contributed by atoms with Crippen molar-refractivity contribution in [1.29, 1.82) is 0 Å². The van der Waals surface area contributed by atoms with Crippen LogP contribution in [0.1, 0.15) is 31.5 Å². The van der Waals surface area contributed by atoms with Gasteiger partial charge in [0.25, 0.3) is 0 Å². The maximum Gasteiger partial charge on any atom is 0.417 e. The average Bonchev–Trinajstić information content (AvgIpc) is 3.19. The monoisotopic (exact) mass is 525 g/mol. The number of rotatable bonds is 7. The predicted molar refractivity (Wildman–Crippen MR) is 131 cm³/mol. The Kier molecular flexibility index (Phi) is 6.87. The summed E-state index contributed by atoms with van der Waals surface area (Å²) in [4.78, 5) is 9.37. The first-order valence-electron chi connectivity index (χ1n) is 11.6. The van der Waals surface area contributed by atoms with Gasteiger partial charge in [0.2, 0.25) is 0 Å². The number of alkyl halides is 3. The summed E-state index contributed by atoms with van der Waals surface area (Å²) in [6, 6.07) is 9.37. The van der Waals surface area contributed by atoms with Gasteiger partial charge in [0.15, 0.2) is 15.4 Å². The molecule has 1 saturated heterocycles. The number of sulfone groups is 1. The number of nitrogens with zero attached hydrogens (tertiary/aromatic N) is 2. The molecule has 11 heteroatoms. The molecule has 1 fully saturated rings. The van der Waals surface area contributed by atoms with Crippen LogP contribution in [0.3, 0.4) is 0 Å². The van der Waals surface area contributed by atoms with Crippen LogP contribution in [0.25, 0.3) is 10.9 Å². The summed E-state index contributed by atoms with van der Waals surface area (Å²) in [5.74, 6) is 0.709. The van der Waals surface area contributed by atoms with Crippen molar-refractivity contribution < 1.29 is 31.4 Å². The largest absolute Gasteiger partial charge is 0.417 e. The van der Waals surface area contributed by atoms with E-state index in [1.807, 2.05) is 4.90 Å². The fourth-order valence-corrected chi connectivity index (χ4v) is 5.96. The molecule has 2 N–H and O–H groups in total. The second-order valence-electron chi connectivity index (χ2n) is 10.1. The fourth-order valence-electron chi connectivity index (χ4n) is 4.89. The molecule has 0 bridgehead atoms. The number of nitrogens with one attached hydrogen (secondary N) is 1. The normalized spacial score (nSPS) is 17.4. The highest BCUT2D eigenvalue weighted by molar-refractivity contribution is 7.90. The van der Waals surface area contributed by atoms with E-state index in [0.29, 0.717) is 43.0 Å². The molecule has 36 heavy (non-hydrogen) atoms. The van der Waals surface area contributed by atoms with Gasteiger partial charge < -0.3 is 19.7 Å². The first kappa shape index (κ1) is 26.4. The number of aliphatic hydroxyl groups is 1. The van der Waals surface area contributed by atoms with Gasteiger partial charge in [-0.1, -0.05) is 32.0 Å². The maximum atomic E-state index is 14.3. The molecular formula is C25H30F3N3O4S. The van der Waals surface area contributed by atoms with Crippen molar-refractivity contribution in [1.82, 2.24) is 9.97 Å². The summed E-state index contributed by atoms with van der Waals surface area (Å²) >= 11 is 0. The third kappa shape index (κ3) is 5.37. The van der Waals surface area contributed by atoms with Crippen molar-refractivity contribution in [3.8, 4) is 0 Å². The highest BCUT2D eigenvalue weighted by Gasteiger charge is 2.56. The van der Waals surface area contributed by atoms with Crippen molar-refractivity contribution in [3.63, 3.8) is 0 Å². The number of benzene rings is 1. The zero-order valence-electron chi connectivity index (χ0n) is 20.4. The number of fused-ring (bicyclic) bond motifs is 1. The Morgan fingerprint density at radius 3 is 2.44 bits per heavy atom. The molecule has 0 spiro atoms. The molecule has 196 valence electrons. The zero-order chi connectivity index (χ0) is 26.4. The van der Waals surface area contributed by atoms with Crippen LogP contribution in [0.5, 0.6) is 0 Å². The van der Waals surface area contributed by atoms with E-state index >= 15 is 0 Å². The van der Waals surface area contributed by atoms with Gasteiger partial charge in [-0.15, -0.1) is 0 Å². The van der Waals surface area contributed by atoms with Crippen LogP contribution in [-0.4, -0.2) is 67.8 Å². The summed E-state index contributed by atoms with van der Waals surface area (Å²) < 4.78 is 72.9. The van der Waals surface area contributed by atoms with Crippen LogP contribution in [0.4, 0.5) is 19.0 Å². The molecule has 2 aromatic heterocycles. The number of pyridine rings is 1. The highest BCUT2D eigenvalue weighted by Crippen LogP contribution is 2.44. The number of morpholine rings is 1. The number of halogens is 3. The number of hydrogen-bond acceptors (Lipinski definition) is 6. The van der Waals surface area contributed by atoms with Crippen molar-refractivity contribution in [2.75, 3.05) is 37.5 Å². The van der Waals surface area contributed by atoms with E-state index in [2.05, 4.69) is 9.97 Å². The predicted octanol–water partition coefficient (Wildman–Crippen LogP) is 4.01. The average molecular weight is 526 g/mol. The molecule has 1 atom stereocenters. The minimum absolute atomic E-state index is 0.0492. The lowest BCUT2D eigenvalue weighted by molar-refractivity contribution is -0.266. The lowest BCUT2D eigenvalue weighted by Crippen LogP contribution is -2.51. The maximum absolute atomic E-state index is 14.3. The SMILES string of the molecule is CC(C)(CC(O)(Cc1cc2cc(N3CCOCC3)ncc2[nH]1)C(F)(F)F)c1ccccc1S(C)(=O)=O. The van der Waals surface area contributed by atoms with Crippen molar-refractivity contribution in [2.45, 2.75) is 48.8 Å². The number of aromatic amines is 1. The smallest absolute Gasteiger partial charge is 0.380 e. The van der Waals surface area contributed by atoms with Gasteiger partial charge in [0.05, 0.1) is 29.8 Å². The quantitative estimate of drug-likeness (QED) is 0.484. The Morgan fingerprint density at radius 2 is 1.81 bits per heavy atom. The van der Waals surface area contributed by atoms with Gasteiger partial charge in [-0.05, 0) is 35.6 Å². The molecule has 0 saturated carbocycles. The van der Waals surface area contributed by atoms with Crippen LogP contribution >= 0.6 is 0 Å². The molecule has 4 rings (SSSR count). The van der Waals surface area contributed by atoms with E-state index in [1.165, 1.54) is 32.0 Å². The zero-order valence-corrected chi connectivity index (χ0v) is 21.2. The van der Waals surface area contributed by atoms with Gasteiger partial charge in [-0.25, -0.2) is 13.4 Å². The summed E-state index contributed by atoms with van der Waals surface area (Å²) in [6.07, 6.45) is -3.83. The van der Waals surface area contributed by atoms with E-state index in [-0.39, 0.29) is 16.2 Å². The van der Waals surface area contributed by atoms with E-state index in [1.54, 1.807) is 24.4 Å². The van der Waals surface area contributed by atoms with E-state index in [9.17, 15) is 26.7 Å². The third-order valence-corrected chi connectivity index (χ3v) is 7.80. The Labute approximate surface area is 208 Å². The van der Waals surface area contributed by atoms with Crippen LogP contribution in [0, 0.1) is 0 Å². The summed E-state index contributed by atoms with van der Waals surface area (Å²) in [7, 11) is -3.69. The summed E-state index contributed by atoms with van der Waals surface area (Å²) in [6.45, 7) is 5.53. The second kappa shape index (κ2) is 9.35. The number of anilines is 1. The van der Waals surface area contributed by atoms with Crippen LogP contribution in [0.2, 0.25) is 0 Å². The van der Waals surface area contributed by atoms with Crippen LogP contribution in [-0.2, 0) is 26.4 Å². The molecule has 3 aromatic rings. The molecular weight excluding hydrogens is 495 g/mol. The Morgan fingerprint density at radius 1 is 1.14 bits per heavy atom. The number of hydrogen-bond donors (Lipinski definition) is 2. The van der Waals surface area contributed by atoms with E-state index in [0.717, 1.165) is 6.26 Å². The lowest BCUT2D eigenvalue weighted by atomic mass is 9.73.